The zero-order valence-electron chi connectivity index (χ0n) is 26.6. The lowest BCUT2D eigenvalue weighted by Gasteiger charge is -2.33. The van der Waals surface area contributed by atoms with E-state index in [-0.39, 0.29) is 5.41 Å². The molecule has 2 aliphatic rings. The summed E-state index contributed by atoms with van der Waals surface area (Å²) in [7, 11) is 0. The van der Waals surface area contributed by atoms with Crippen molar-refractivity contribution in [3.63, 3.8) is 0 Å². The Morgan fingerprint density at radius 3 is 2.03 bits per heavy atom. The van der Waals surface area contributed by atoms with Crippen LogP contribution >= 0.6 is 0 Å². The first-order valence-electron chi connectivity index (χ1n) is 15.4. The van der Waals surface area contributed by atoms with E-state index in [2.05, 4.69) is 99.7 Å². The number of hydrogen-bond donors (Lipinski definition) is 1. The third-order valence-electron chi connectivity index (χ3n) is 10.7. The van der Waals surface area contributed by atoms with E-state index in [4.69, 9.17) is 0 Å². The van der Waals surface area contributed by atoms with Gasteiger partial charge in [-0.15, -0.1) is 0 Å². The molecule has 0 aromatic heterocycles. The summed E-state index contributed by atoms with van der Waals surface area (Å²) in [6, 6.07) is 7.72. The molecule has 39 heavy (non-hydrogen) atoms. The molecule has 0 radical (unpaired) electrons. The molecule has 0 amide bonds. The molecule has 208 valence electrons. The van der Waals surface area contributed by atoms with E-state index in [9.17, 15) is 0 Å². The summed E-state index contributed by atoms with van der Waals surface area (Å²) in [5.74, 6) is 0.666. The first-order valence-corrected chi connectivity index (χ1v) is 15.4. The van der Waals surface area contributed by atoms with Crippen LogP contribution in [0.5, 0.6) is 0 Å². The third-order valence-corrected chi connectivity index (χ3v) is 10.7. The van der Waals surface area contributed by atoms with Crippen molar-refractivity contribution in [3.05, 3.63) is 85.0 Å². The second kappa shape index (κ2) is 10.1. The summed E-state index contributed by atoms with van der Waals surface area (Å²) < 4.78 is 0. The van der Waals surface area contributed by atoms with E-state index in [1.165, 1.54) is 93.4 Å². The van der Waals surface area contributed by atoms with Crippen molar-refractivity contribution in [2.24, 2.45) is 0 Å². The molecule has 2 aliphatic carbocycles. The minimum atomic E-state index is 0.112. The average molecular weight is 522 g/mol. The summed E-state index contributed by atoms with van der Waals surface area (Å²) in [5, 5.41) is 4.11. The smallest absolute Gasteiger partial charge is 0.0422 e. The normalized spacial score (nSPS) is 19.1. The van der Waals surface area contributed by atoms with Crippen molar-refractivity contribution in [1.29, 1.82) is 0 Å². The molecule has 0 aliphatic heterocycles. The fourth-order valence-corrected chi connectivity index (χ4v) is 7.81. The molecule has 0 saturated heterocycles. The molecule has 2 atom stereocenters. The highest BCUT2D eigenvalue weighted by molar-refractivity contribution is 5.85. The van der Waals surface area contributed by atoms with Gasteiger partial charge in [0.15, 0.2) is 0 Å². The summed E-state index contributed by atoms with van der Waals surface area (Å²) >= 11 is 0. The summed E-state index contributed by atoms with van der Waals surface area (Å²) in [6.45, 7) is 25.9. The van der Waals surface area contributed by atoms with E-state index in [1.54, 1.807) is 22.3 Å². The zero-order valence-corrected chi connectivity index (χ0v) is 26.6. The van der Waals surface area contributed by atoms with Crippen molar-refractivity contribution >= 4 is 5.69 Å². The molecule has 0 heterocycles. The van der Waals surface area contributed by atoms with Gasteiger partial charge in [-0.2, -0.15) is 0 Å². The maximum Gasteiger partial charge on any atom is 0.0422 e. The predicted octanol–water partition coefficient (Wildman–Crippen LogP) is 10.2. The van der Waals surface area contributed by atoms with Gasteiger partial charge in [0.2, 0.25) is 0 Å². The highest BCUT2D eigenvalue weighted by Crippen LogP contribution is 2.45. The van der Waals surface area contributed by atoms with E-state index in [0.717, 1.165) is 6.42 Å². The maximum atomic E-state index is 4.11. The number of rotatable bonds is 3. The number of nitrogens with one attached hydrogen (secondary N) is 1. The molecule has 1 nitrogen and oxygen atoms in total. The molecule has 5 rings (SSSR count). The number of benzene rings is 3. The number of fused-ring (bicyclic) bond motifs is 2. The molecule has 3 aromatic rings. The molecular weight excluding hydrogens is 470 g/mol. The molecule has 1 N–H and O–H groups in total. The first kappa shape index (κ1) is 28.0. The molecule has 2 unspecified atom stereocenters. The molecule has 0 bridgehead atoms. The Kier molecular flexibility index (Phi) is 7.28. The lowest BCUT2D eigenvalue weighted by Crippen LogP contribution is -2.29. The Balaban J connectivity index is 1.62. The Morgan fingerprint density at radius 1 is 0.692 bits per heavy atom. The summed E-state index contributed by atoms with van der Waals surface area (Å²) in [6.07, 6.45) is 7.32. The quantitative estimate of drug-likeness (QED) is 0.361. The van der Waals surface area contributed by atoms with Crippen molar-refractivity contribution in [1.82, 2.24) is 0 Å². The van der Waals surface area contributed by atoms with Gasteiger partial charge in [-0.1, -0.05) is 33.8 Å². The topological polar surface area (TPSA) is 12.0 Å². The monoisotopic (exact) mass is 521 g/mol. The van der Waals surface area contributed by atoms with E-state index >= 15 is 0 Å². The first-order chi connectivity index (χ1) is 18.3. The van der Waals surface area contributed by atoms with E-state index < -0.39 is 0 Å². The van der Waals surface area contributed by atoms with Crippen LogP contribution in [0, 0.1) is 48.5 Å². The highest BCUT2D eigenvalue weighted by Gasteiger charge is 2.28. The van der Waals surface area contributed by atoms with Crippen molar-refractivity contribution in [2.75, 3.05) is 5.32 Å². The predicted molar refractivity (Wildman–Crippen MR) is 171 cm³/mol. The average Bonchev–Trinajstić information content (AvgIpc) is 2.89. The van der Waals surface area contributed by atoms with Gasteiger partial charge in [0.05, 0.1) is 0 Å². The fourth-order valence-electron chi connectivity index (χ4n) is 7.81. The lowest BCUT2D eigenvalue weighted by molar-refractivity contribution is 0.584. The second-order valence-corrected chi connectivity index (χ2v) is 14.0. The standard InChI is InChI=1S/C38H51N/c1-21-13-12-14-32-28(8)37(27(7)26(6)36(21)32)34-19-29(38(9,10)11)15-18-35(34)39-30-16-17-31-24(4)22(2)23(3)25(5)33(31)20-30/h15,18-19,21,30,39H,12-14,16-17,20H2,1-11H3. The second-order valence-electron chi connectivity index (χ2n) is 14.0. The van der Waals surface area contributed by atoms with Crippen LogP contribution in [0.15, 0.2) is 18.2 Å². The SMILES string of the molecule is Cc1c(C)c(C)c2c(c1C)CCC(Nc1ccc(C(C)(C)C)cc1-c1c(C)c(C)c3c(c1C)CCCC3C)C2. The van der Waals surface area contributed by atoms with Crippen molar-refractivity contribution in [2.45, 2.75) is 132 Å². The Hall–Kier alpha value is -2.54. The fraction of sp³-hybridized carbons (Fsp3) is 0.526. The van der Waals surface area contributed by atoms with Gasteiger partial charge in [-0.3, -0.25) is 0 Å². The van der Waals surface area contributed by atoms with Crippen molar-refractivity contribution in [3.8, 4) is 11.1 Å². The number of hydrogen-bond acceptors (Lipinski definition) is 1. The van der Waals surface area contributed by atoms with Gasteiger partial charge >= 0.3 is 0 Å². The Bertz CT molecular complexity index is 1450. The van der Waals surface area contributed by atoms with Gasteiger partial charge in [0.25, 0.3) is 0 Å². The Morgan fingerprint density at radius 2 is 1.36 bits per heavy atom. The van der Waals surface area contributed by atoms with Gasteiger partial charge in [-0.25, -0.2) is 0 Å². The molecular formula is C38H51N. The number of anilines is 1. The molecule has 1 heteroatoms. The van der Waals surface area contributed by atoms with Gasteiger partial charge in [0.1, 0.15) is 0 Å². The molecule has 0 spiro atoms. The van der Waals surface area contributed by atoms with E-state index in [1.807, 2.05) is 0 Å². The Labute approximate surface area is 238 Å². The van der Waals surface area contributed by atoms with Crippen LogP contribution in [0.4, 0.5) is 5.69 Å². The zero-order chi connectivity index (χ0) is 28.4. The van der Waals surface area contributed by atoms with Crippen LogP contribution in [-0.4, -0.2) is 6.04 Å². The van der Waals surface area contributed by atoms with Crippen molar-refractivity contribution < 1.29 is 0 Å². The van der Waals surface area contributed by atoms with Gasteiger partial charge in [-0.05, 0) is 183 Å². The van der Waals surface area contributed by atoms with Crippen LogP contribution in [0.1, 0.15) is 120 Å². The minimum Gasteiger partial charge on any atom is -0.381 e. The molecule has 0 fully saturated rings. The van der Waals surface area contributed by atoms with Crippen LogP contribution < -0.4 is 5.32 Å². The van der Waals surface area contributed by atoms with Gasteiger partial charge < -0.3 is 5.32 Å². The lowest BCUT2D eigenvalue weighted by atomic mass is 9.74. The van der Waals surface area contributed by atoms with Gasteiger partial charge in [0, 0.05) is 17.3 Å². The largest absolute Gasteiger partial charge is 0.381 e. The van der Waals surface area contributed by atoms with E-state index in [0.29, 0.717) is 12.0 Å². The highest BCUT2D eigenvalue weighted by atomic mass is 14.9. The molecule has 3 aromatic carbocycles. The van der Waals surface area contributed by atoms with Crippen LogP contribution in [0.25, 0.3) is 11.1 Å². The minimum absolute atomic E-state index is 0.112. The van der Waals surface area contributed by atoms with Crippen LogP contribution in [-0.2, 0) is 24.7 Å². The maximum absolute atomic E-state index is 4.11. The summed E-state index contributed by atoms with van der Waals surface area (Å²) in [4.78, 5) is 0. The molecule has 0 saturated carbocycles. The summed E-state index contributed by atoms with van der Waals surface area (Å²) in [5.41, 5.74) is 22.7. The third kappa shape index (κ3) is 4.75. The van der Waals surface area contributed by atoms with Crippen LogP contribution in [0.2, 0.25) is 0 Å². The van der Waals surface area contributed by atoms with Crippen LogP contribution in [0.3, 0.4) is 0 Å².